The molecule has 23 heavy (non-hydrogen) atoms. The van der Waals surface area contributed by atoms with Crippen molar-refractivity contribution in [2.75, 3.05) is 0 Å². The van der Waals surface area contributed by atoms with Gasteiger partial charge in [0.2, 0.25) is 0 Å². The normalized spacial score (nSPS) is 22.1. The van der Waals surface area contributed by atoms with Crippen molar-refractivity contribution in [2.24, 2.45) is 5.92 Å². The van der Waals surface area contributed by atoms with Crippen molar-refractivity contribution >= 4 is 10.4 Å². The van der Waals surface area contributed by atoms with E-state index in [0.717, 1.165) is 0 Å². The van der Waals surface area contributed by atoms with Crippen LogP contribution in [0.5, 0.6) is 0 Å². The van der Waals surface area contributed by atoms with Crippen LogP contribution in [-0.4, -0.2) is 4.31 Å². The number of hydrogen-bond donors (Lipinski definition) is 0. The monoisotopic (exact) mass is 382 g/mol. The van der Waals surface area contributed by atoms with E-state index in [0.29, 0.717) is 10.1 Å². The Balaban J connectivity index is 0.00000132. The summed E-state index contributed by atoms with van der Waals surface area (Å²) < 4.78 is 5.02. The van der Waals surface area contributed by atoms with E-state index >= 15 is 0 Å². The van der Waals surface area contributed by atoms with Gasteiger partial charge in [0.05, 0.1) is 0 Å². The first-order chi connectivity index (χ1) is 10.1. The minimum Gasteiger partial charge on any atom is -1.00 e. The molecule has 0 heterocycles. The van der Waals surface area contributed by atoms with Gasteiger partial charge in [0.15, 0.2) is 0 Å². The number of rotatable bonds is 2. The standard InChI is InChI=1S/C9H7.C9H13.C2H4.2ClH.Ti/c1-2-5-9-7-3-6-8(9)4-1;1-6-5-7(2)9(4)8(6)3;1-2;;;/h1-7H;6H,1-4H3;1H,2H3;2*1H;/q;;;;;+2/p-2. The average Bonchev–Trinajstić information content (AvgIpc) is 3.00. The second-order valence-electron chi connectivity index (χ2n) is 6.28. The molecule has 2 unspecified atom stereocenters. The molecule has 0 saturated heterocycles. The van der Waals surface area contributed by atoms with E-state index in [-0.39, 0.29) is 24.8 Å². The van der Waals surface area contributed by atoms with E-state index in [1.165, 1.54) is 5.56 Å². The van der Waals surface area contributed by atoms with Gasteiger partial charge in [-0.3, -0.25) is 0 Å². The van der Waals surface area contributed by atoms with Crippen molar-refractivity contribution in [1.29, 1.82) is 0 Å². The van der Waals surface area contributed by atoms with Gasteiger partial charge in [-0.05, 0) is 0 Å². The number of fused-ring (bicyclic) bond motifs is 1. The van der Waals surface area contributed by atoms with Crippen LogP contribution in [0.15, 0.2) is 50.9 Å². The molecule has 0 spiro atoms. The summed E-state index contributed by atoms with van der Waals surface area (Å²) in [7, 11) is 0. The van der Waals surface area contributed by atoms with E-state index in [2.05, 4.69) is 75.4 Å². The largest absolute Gasteiger partial charge is 1.00 e. The molecule has 1 aromatic rings. The first-order valence-corrected chi connectivity index (χ1v) is 10.5. The van der Waals surface area contributed by atoms with Gasteiger partial charge in [0.1, 0.15) is 0 Å². The average molecular weight is 383 g/mol. The molecule has 0 fully saturated rings. The zero-order valence-electron chi connectivity index (χ0n) is 14.5. The Hall–Kier alpha value is -0.396. The molecule has 0 bridgehead atoms. The maximum absolute atomic E-state index is 2.57. The molecular formula is C20H24Cl2Ti. The van der Waals surface area contributed by atoms with Crippen molar-refractivity contribution in [2.45, 2.75) is 38.8 Å². The predicted molar refractivity (Wildman–Crippen MR) is 90.2 cm³/mol. The Morgan fingerprint density at radius 1 is 1.00 bits per heavy atom. The molecule has 0 nitrogen and oxygen atoms in total. The third kappa shape index (κ3) is 3.37. The minimum atomic E-state index is -1.45. The van der Waals surface area contributed by atoms with Crippen LogP contribution >= 0.6 is 0 Å². The molecule has 122 valence electrons. The Morgan fingerprint density at radius 2 is 1.65 bits per heavy atom. The van der Waals surface area contributed by atoms with Crippen LogP contribution in [0.3, 0.4) is 0 Å². The Morgan fingerprint density at radius 3 is 2.22 bits per heavy atom. The fourth-order valence-electron chi connectivity index (χ4n) is 3.85. The summed E-state index contributed by atoms with van der Waals surface area (Å²) in [6, 6.07) is 8.93. The maximum Gasteiger partial charge on any atom is -1.00 e. The second kappa shape index (κ2) is 8.12. The molecule has 0 saturated carbocycles. The summed E-state index contributed by atoms with van der Waals surface area (Å²) in [4.78, 5) is 0. The number of halogens is 2. The van der Waals surface area contributed by atoms with Crippen molar-refractivity contribution in [3.63, 3.8) is 0 Å². The number of allylic oxidation sites excluding steroid dienone is 5. The summed E-state index contributed by atoms with van der Waals surface area (Å²) >= 11 is -1.45. The molecule has 2 atom stereocenters. The summed E-state index contributed by atoms with van der Waals surface area (Å²) in [6.07, 6.45) is 4.80. The third-order valence-corrected chi connectivity index (χ3v) is 10.4. The molecular weight excluding hydrogens is 359 g/mol. The van der Waals surface area contributed by atoms with Crippen LogP contribution < -0.4 is 24.8 Å². The molecule has 0 amide bonds. The van der Waals surface area contributed by atoms with Gasteiger partial charge >= 0.3 is 135 Å². The van der Waals surface area contributed by atoms with E-state index in [9.17, 15) is 0 Å². The van der Waals surface area contributed by atoms with Crippen LogP contribution in [0.25, 0.3) is 6.08 Å². The van der Waals surface area contributed by atoms with Gasteiger partial charge in [-0.25, -0.2) is 0 Å². The van der Waals surface area contributed by atoms with Gasteiger partial charge in [-0.15, -0.1) is 0 Å². The van der Waals surface area contributed by atoms with E-state index in [4.69, 9.17) is 0 Å². The molecule has 0 aliphatic heterocycles. The molecule has 2 aliphatic carbocycles. The van der Waals surface area contributed by atoms with Crippen LogP contribution in [0.1, 0.15) is 50.0 Å². The SMILES string of the molecule is C[CH]=[Ti+2]([C]1=C(C)C(C)=C(C)C1C)[CH]1C=Cc2ccccc21.[Cl-].[Cl-]. The molecule has 2 aliphatic rings. The van der Waals surface area contributed by atoms with Crippen LogP contribution in [0.2, 0.25) is 0 Å². The molecule has 3 heteroatoms. The maximum atomic E-state index is 2.57. The number of hydrogen-bond acceptors (Lipinski definition) is 0. The first-order valence-electron chi connectivity index (χ1n) is 7.88. The zero-order chi connectivity index (χ0) is 15.1. The Kier molecular flexibility index (Phi) is 7.29. The van der Waals surface area contributed by atoms with E-state index < -0.39 is 17.4 Å². The van der Waals surface area contributed by atoms with Gasteiger partial charge in [-0.1, -0.05) is 0 Å². The van der Waals surface area contributed by atoms with E-state index in [1.807, 2.05) is 0 Å². The van der Waals surface area contributed by atoms with Crippen LogP contribution in [-0.2, 0) is 17.4 Å². The molecule has 0 aromatic heterocycles. The quantitative estimate of drug-likeness (QED) is 0.603. The van der Waals surface area contributed by atoms with E-state index in [1.54, 1.807) is 26.2 Å². The van der Waals surface area contributed by atoms with Gasteiger partial charge < -0.3 is 24.8 Å². The smallest absolute Gasteiger partial charge is 1.00 e. The molecule has 0 N–H and O–H groups in total. The summed E-state index contributed by atoms with van der Waals surface area (Å²) in [5.41, 5.74) is 7.70. The van der Waals surface area contributed by atoms with Crippen molar-refractivity contribution in [1.82, 2.24) is 0 Å². The summed E-state index contributed by atoms with van der Waals surface area (Å²) in [5.74, 6) is 0.650. The second-order valence-corrected chi connectivity index (χ2v) is 10.4. The molecule has 3 rings (SSSR count). The summed E-state index contributed by atoms with van der Waals surface area (Å²) in [6.45, 7) is 11.7. The van der Waals surface area contributed by atoms with Gasteiger partial charge in [0.25, 0.3) is 0 Å². The fourth-order valence-corrected chi connectivity index (χ4v) is 8.92. The predicted octanol–water partition coefficient (Wildman–Crippen LogP) is -0.537. The number of benzene rings is 1. The zero-order valence-corrected chi connectivity index (χ0v) is 17.5. The molecule has 1 aromatic carbocycles. The third-order valence-electron chi connectivity index (χ3n) is 5.40. The first kappa shape index (κ1) is 20.6. The Bertz CT molecular complexity index is 723. The van der Waals surface area contributed by atoms with Crippen LogP contribution in [0.4, 0.5) is 0 Å². The van der Waals surface area contributed by atoms with Gasteiger partial charge in [0, 0.05) is 0 Å². The van der Waals surface area contributed by atoms with Crippen molar-refractivity contribution in [3.8, 4) is 0 Å². The summed E-state index contributed by atoms with van der Waals surface area (Å²) in [5, 5.41) is 0. The Labute approximate surface area is 158 Å². The van der Waals surface area contributed by atoms with Crippen LogP contribution in [0, 0.1) is 5.92 Å². The van der Waals surface area contributed by atoms with Gasteiger partial charge in [-0.2, -0.15) is 0 Å². The minimum absolute atomic E-state index is 0. The topological polar surface area (TPSA) is 0 Å². The molecule has 0 radical (unpaired) electrons. The fraction of sp³-hybridized carbons (Fsp3) is 0.350. The van der Waals surface area contributed by atoms with Crippen molar-refractivity contribution in [3.05, 3.63) is 62.1 Å². The van der Waals surface area contributed by atoms with Crippen molar-refractivity contribution < 1.29 is 42.2 Å².